The topological polar surface area (TPSA) is 35.1 Å². The Balaban J connectivity index is 3.25. The van der Waals surface area contributed by atoms with Gasteiger partial charge in [0.15, 0.2) is 0 Å². The molecule has 0 aromatic heterocycles. The molecule has 1 N–H and O–H groups in total. The molecular weight excluding hydrogens is 426 g/mol. The van der Waals surface area contributed by atoms with Crippen LogP contribution in [0.1, 0.15) is 206 Å². The van der Waals surface area contributed by atoms with Crippen LogP contribution in [-0.4, -0.2) is 6.04 Å². The van der Waals surface area contributed by atoms with Gasteiger partial charge in [0.2, 0.25) is 0 Å². The first-order valence-electron chi connectivity index (χ1n) is 16.7. The summed E-state index contributed by atoms with van der Waals surface area (Å²) in [5.41, 5.74) is 2.35. The lowest BCUT2D eigenvalue weighted by Crippen LogP contribution is -2.23. The van der Waals surface area contributed by atoms with Gasteiger partial charge >= 0.3 is 0 Å². The van der Waals surface area contributed by atoms with Gasteiger partial charge in [0, 0.05) is 0 Å². The van der Waals surface area contributed by atoms with Crippen LogP contribution in [0, 0.1) is 5.21 Å². The van der Waals surface area contributed by atoms with E-state index in [1.54, 1.807) is 0 Å². The zero-order valence-electron chi connectivity index (χ0n) is 24.7. The van der Waals surface area contributed by atoms with Crippen molar-refractivity contribution < 1.29 is 0 Å². The summed E-state index contributed by atoms with van der Waals surface area (Å²) >= 11 is 0. The first-order chi connectivity index (χ1) is 17.3. The van der Waals surface area contributed by atoms with Gasteiger partial charge < -0.3 is 10.7 Å². The van der Waals surface area contributed by atoms with Crippen LogP contribution in [0.3, 0.4) is 0 Å². The van der Waals surface area contributed by atoms with Crippen LogP contribution in [0.2, 0.25) is 0 Å². The first-order valence-corrected chi connectivity index (χ1v) is 16.7. The monoisotopic (exact) mass is 495 g/mol. The van der Waals surface area contributed by atoms with Gasteiger partial charge in [-0.25, -0.2) is 0 Å². The molecule has 0 aromatic rings. The maximum Gasteiger partial charge on any atom is -0.00510 e. The molecule has 0 atom stereocenters. The van der Waals surface area contributed by atoms with Crippen LogP contribution in [0.15, 0.2) is 0 Å². The van der Waals surface area contributed by atoms with Crippen molar-refractivity contribution in [3.63, 3.8) is 0 Å². The van der Waals surface area contributed by atoms with E-state index >= 15 is 0 Å². The normalized spacial score (nSPS) is 11.7. The molecule has 0 saturated carbocycles. The van der Waals surface area contributed by atoms with Gasteiger partial charge in [-0.05, 0) is 18.9 Å². The smallest absolute Gasteiger partial charge is 0.00510 e. The molecule has 2 heteroatoms. The highest BCUT2D eigenvalue weighted by Gasteiger charge is 2.04. The van der Waals surface area contributed by atoms with Crippen molar-refractivity contribution in [1.82, 2.24) is 5.48 Å². The Morgan fingerprint density at radius 3 is 0.743 bits per heavy atom. The standard InChI is InChI=1S/C33H68NO/c1-3-5-7-9-11-13-15-17-19-21-23-25-27-29-31-33(34-35)32-30-28-26-24-22-20-18-16-14-12-10-8-6-4-2/h33-34H,3-32H2,1-2H3/q-1. The number of hydrogen-bond donors (Lipinski definition) is 1. The Kier molecular flexibility index (Phi) is 31.9. The zero-order chi connectivity index (χ0) is 25.5. The third-order valence-corrected chi connectivity index (χ3v) is 7.98. The number of unbranched alkanes of at least 4 members (excludes halogenated alkanes) is 26. The van der Waals surface area contributed by atoms with Crippen molar-refractivity contribution in [3.05, 3.63) is 5.21 Å². The molecule has 0 bridgehead atoms. The third-order valence-electron chi connectivity index (χ3n) is 7.98. The number of nitrogens with one attached hydrogen (secondary N) is 1. The van der Waals surface area contributed by atoms with Crippen molar-refractivity contribution in [2.24, 2.45) is 0 Å². The molecule has 212 valence electrons. The predicted molar refractivity (Wildman–Crippen MR) is 160 cm³/mol. The van der Waals surface area contributed by atoms with Crippen molar-refractivity contribution >= 4 is 0 Å². The van der Waals surface area contributed by atoms with E-state index in [2.05, 4.69) is 19.3 Å². The van der Waals surface area contributed by atoms with Gasteiger partial charge in [0.25, 0.3) is 0 Å². The Morgan fingerprint density at radius 1 is 0.343 bits per heavy atom. The Hall–Kier alpha value is -0.0800. The molecule has 0 saturated heterocycles. The maximum absolute atomic E-state index is 11.3. The first kappa shape index (κ1) is 34.9. The average Bonchev–Trinajstić information content (AvgIpc) is 2.87. The SMILES string of the molecule is CCCCCCCCCCCCCCCCC(CCCCCCCCCCCCCCCC)N[O-]. The van der Waals surface area contributed by atoms with Gasteiger partial charge in [-0.15, -0.1) is 0 Å². The molecule has 0 fully saturated rings. The van der Waals surface area contributed by atoms with Crippen LogP contribution < -0.4 is 5.48 Å². The molecule has 0 spiro atoms. The summed E-state index contributed by atoms with van der Waals surface area (Å²) in [7, 11) is 0. The predicted octanol–water partition coefficient (Wildman–Crippen LogP) is 12.2. The second-order valence-corrected chi connectivity index (χ2v) is 11.6. The van der Waals surface area contributed by atoms with E-state index in [-0.39, 0.29) is 6.04 Å². The summed E-state index contributed by atoms with van der Waals surface area (Å²) in [6.07, 6.45) is 41.4. The summed E-state index contributed by atoms with van der Waals surface area (Å²) in [6.45, 7) is 4.58. The second-order valence-electron chi connectivity index (χ2n) is 11.6. The molecule has 0 aliphatic rings. The molecule has 0 aliphatic carbocycles. The van der Waals surface area contributed by atoms with Crippen molar-refractivity contribution in [3.8, 4) is 0 Å². The van der Waals surface area contributed by atoms with Gasteiger partial charge in [-0.2, -0.15) is 0 Å². The lowest BCUT2D eigenvalue weighted by molar-refractivity contribution is 0.444. The van der Waals surface area contributed by atoms with Crippen LogP contribution in [-0.2, 0) is 0 Å². The van der Waals surface area contributed by atoms with Crippen molar-refractivity contribution in [2.45, 2.75) is 213 Å². The second kappa shape index (κ2) is 31.9. The minimum atomic E-state index is 0.213. The van der Waals surface area contributed by atoms with E-state index in [0.29, 0.717) is 0 Å². The molecule has 35 heavy (non-hydrogen) atoms. The Labute approximate surface area is 223 Å². The minimum Gasteiger partial charge on any atom is -0.788 e. The fourth-order valence-electron chi connectivity index (χ4n) is 5.43. The molecule has 0 aromatic carbocycles. The van der Waals surface area contributed by atoms with Crippen LogP contribution in [0.5, 0.6) is 0 Å². The maximum atomic E-state index is 11.3. The fraction of sp³-hybridized carbons (Fsp3) is 1.00. The molecule has 0 aliphatic heterocycles. The zero-order valence-corrected chi connectivity index (χ0v) is 24.7. The lowest BCUT2D eigenvalue weighted by atomic mass is 10.00. The Morgan fingerprint density at radius 2 is 0.543 bits per heavy atom. The lowest BCUT2D eigenvalue weighted by Gasteiger charge is -2.22. The van der Waals surface area contributed by atoms with E-state index in [4.69, 9.17) is 0 Å². The van der Waals surface area contributed by atoms with Crippen LogP contribution >= 0.6 is 0 Å². The van der Waals surface area contributed by atoms with Crippen molar-refractivity contribution in [1.29, 1.82) is 0 Å². The number of hydrogen-bond acceptors (Lipinski definition) is 2. The van der Waals surface area contributed by atoms with Crippen molar-refractivity contribution in [2.75, 3.05) is 0 Å². The van der Waals surface area contributed by atoms with Gasteiger partial charge in [0.05, 0.1) is 0 Å². The van der Waals surface area contributed by atoms with E-state index in [0.717, 1.165) is 12.8 Å². The van der Waals surface area contributed by atoms with Gasteiger partial charge in [-0.3, -0.25) is 0 Å². The van der Waals surface area contributed by atoms with Crippen LogP contribution in [0.4, 0.5) is 0 Å². The molecule has 0 heterocycles. The number of rotatable bonds is 31. The summed E-state index contributed by atoms with van der Waals surface area (Å²) < 4.78 is 0. The Bertz CT molecular complexity index is 327. The third kappa shape index (κ3) is 30.0. The highest BCUT2D eigenvalue weighted by molar-refractivity contribution is 4.67. The molecule has 0 radical (unpaired) electrons. The quantitative estimate of drug-likeness (QED) is 0.0768. The van der Waals surface area contributed by atoms with E-state index in [9.17, 15) is 5.21 Å². The molecule has 2 nitrogen and oxygen atoms in total. The molecule has 0 rings (SSSR count). The largest absolute Gasteiger partial charge is 0.788 e. The van der Waals surface area contributed by atoms with Gasteiger partial charge in [-0.1, -0.05) is 194 Å². The number of hydroxylamine groups is 1. The van der Waals surface area contributed by atoms with E-state index < -0.39 is 0 Å². The van der Waals surface area contributed by atoms with Gasteiger partial charge in [0.1, 0.15) is 0 Å². The summed E-state index contributed by atoms with van der Waals surface area (Å²) in [5, 5.41) is 11.3. The summed E-state index contributed by atoms with van der Waals surface area (Å²) in [5.74, 6) is 0. The average molecular weight is 495 g/mol. The molecular formula is C33H68NO-. The highest BCUT2D eigenvalue weighted by atomic mass is 16.5. The fourth-order valence-corrected chi connectivity index (χ4v) is 5.43. The molecule has 0 unspecified atom stereocenters. The van der Waals surface area contributed by atoms with E-state index in [1.165, 1.54) is 180 Å². The minimum absolute atomic E-state index is 0.213. The molecule has 0 amide bonds. The highest BCUT2D eigenvalue weighted by Crippen LogP contribution is 2.17. The van der Waals surface area contributed by atoms with E-state index in [1.807, 2.05) is 0 Å². The summed E-state index contributed by atoms with van der Waals surface area (Å²) in [6, 6.07) is 0.213. The van der Waals surface area contributed by atoms with Crippen LogP contribution in [0.25, 0.3) is 0 Å². The summed E-state index contributed by atoms with van der Waals surface area (Å²) in [4.78, 5) is 0.